The van der Waals surface area contributed by atoms with Crippen molar-refractivity contribution < 1.29 is 4.74 Å². The Labute approximate surface area is 90.1 Å². The average molecular weight is 207 g/mol. The molecule has 0 bridgehead atoms. The Balaban J connectivity index is 1.93. The summed E-state index contributed by atoms with van der Waals surface area (Å²) in [5.74, 6) is 0.831. The molecule has 1 aliphatic heterocycles. The minimum atomic E-state index is 0.0548. The number of hydrogen-bond acceptors (Lipinski definition) is 4. The summed E-state index contributed by atoms with van der Waals surface area (Å²) in [6.07, 6.45) is 4.82. The van der Waals surface area contributed by atoms with E-state index in [1.807, 2.05) is 6.07 Å². The molecular formula is C11H17N3O. The summed E-state index contributed by atoms with van der Waals surface area (Å²) in [6, 6.07) is 1.83. The van der Waals surface area contributed by atoms with Gasteiger partial charge in [0, 0.05) is 24.5 Å². The van der Waals surface area contributed by atoms with Crippen LogP contribution in [-0.4, -0.2) is 28.2 Å². The second kappa shape index (κ2) is 4.24. The summed E-state index contributed by atoms with van der Waals surface area (Å²) in [7, 11) is 0. The van der Waals surface area contributed by atoms with Gasteiger partial charge in [-0.05, 0) is 26.3 Å². The van der Waals surface area contributed by atoms with E-state index in [1.54, 1.807) is 12.4 Å². The molecule has 2 unspecified atom stereocenters. The zero-order valence-electron chi connectivity index (χ0n) is 9.23. The lowest BCUT2D eigenvalue weighted by Gasteiger charge is -2.28. The number of aromatic nitrogens is 2. The SMILES string of the molecule is CC1OCCC1(C)NCc1ncccn1. The number of rotatable bonds is 3. The lowest BCUT2D eigenvalue weighted by atomic mass is 9.95. The number of nitrogens with one attached hydrogen (secondary N) is 1. The van der Waals surface area contributed by atoms with Gasteiger partial charge in [-0.2, -0.15) is 0 Å². The van der Waals surface area contributed by atoms with E-state index >= 15 is 0 Å². The summed E-state index contributed by atoms with van der Waals surface area (Å²) < 4.78 is 5.55. The van der Waals surface area contributed by atoms with Crippen molar-refractivity contribution in [2.24, 2.45) is 0 Å². The van der Waals surface area contributed by atoms with Gasteiger partial charge in [-0.25, -0.2) is 9.97 Å². The van der Waals surface area contributed by atoms with Crippen LogP contribution in [0.1, 0.15) is 26.1 Å². The molecular weight excluding hydrogens is 190 g/mol. The molecule has 1 saturated heterocycles. The monoisotopic (exact) mass is 207 g/mol. The average Bonchev–Trinajstić information content (AvgIpc) is 2.59. The van der Waals surface area contributed by atoms with Crippen LogP contribution >= 0.6 is 0 Å². The van der Waals surface area contributed by atoms with Gasteiger partial charge in [0.2, 0.25) is 0 Å². The molecule has 0 aliphatic carbocycles. The molecule has 1 aromatic rings. The van der Waals surface area contributed by atoms with Crippen LogP contribution in [0.2, 0.25) is 0 Å². The summed E-state index contributed by atoms with van der Waals surface area (Å²) in [4.78, 5) is 8.36. The highest BCUT2D eigenvalue weighted by Crippen LogP contribution is 2.25. The predicted octanol–water partition coefficient (Wildman–Crippen LogP) is 1.13. The maximum Gasteiger partial charge on any atom is 0.141 e. The predicted molar refractivity (Wildman–Crippen MR) is 57.3 cm³/mol. The highest BCUT2D eigenvalue weighted by atomic mass is 16.5. The first-order chi connectivity index (χ1) is 7.21. The van der Waals surface area contributed by atoms with Crippen molar-refractivity contribution in [3.05, 3.63) is 24.3 Å². The number of nitrogens with zero attached hydrogens (tertiary/aromatic N) is 2. The summed E-state index contributed by atoms with van der Waals surface area (Å²) in [5, 5.41) is 3.47. The molecule has 4 heteroatoms. The molecule has 0 aromatic carbocycles. The van der Waals surface area contributed by atoms with Crippen LogP contribution in [0.3, 0.4) is 0 Å². The minimum absolute atomic E-state index is 0.0548. The van der Waals surface area contributed by atoms with Crippen LogP contribution in [0.25, 0.3) is 0 Å². The van der Waals surface area contributed by atoms with Gasteiger partial charge in [-0.15, -0.1) is 0 Å². The van der Waals surface area contributed by atoms with Gasteiger partial charge >= 0.3 is 0 Å². The van der Waals surface area contributed by atoms with Crippen LogP contribution in [0.15, 0.2) is 18.5 Å². The lowest BCUT2D eigenvalue weighted by Crippen LogP contribution is -2.47. The Morgan fingerprint density at radius 2 is 2.27 bits per heavy atom. The van der Waals surface area contributed by atoms with Gasteiger partial charge in [0.05, 0.1) is 12.6 Å². The molecule has 1 fully saturated rings. The molecule has 4 nitrogen and oxygen atoms in total. The van der Waals surface area contributed by atoms with E-state index in [4.69, 9.17) is 4.74 Å². The van der Waals surface area contributed by atoms with E-state index in [0.717, 1.165) is 18.9 Å². The van der Waals surface area contributed by atoms with E-state index in [1.165, 1.54) is 0 Å². The molecule has 0 spiro atoms. The van der Waals surface area contributed by atoms with Crippen molar-refractivity contribution in [2.45, 2.75) is 38.5 Å². The van der Waals surface area contributed by atoms with E-state index < -0.39 is 0 Å². The van der Waals surface area contributed by atoms with Crippen LogP contribution < -0.4 is 5.32 Å². The first-order valence-electron chi connectivity index (χ1n) is 5.33. The fourth-order valence-electron chi connectivity index (χ4n) is 1.77. The van der Waals surface area contributed by atoms with E-state index in [2.05, 4.69) is 29.1 Å². The second-order valence-electron chi connectivity index (χ2n) is 4.20. The Hall–Kier alpha value is -1.00. The topological polar surface area (TPSA) is 47.0 Å². The van der Waals surface area contributed by atoms with Gasteiger partial charge in [-0.1, -0.05) is 0 Å². The molecule has 0 saturated carbocycles. The molecule has 15 heavy (non-hydrogen) atoms. The third-order valence-corrected chi connectivity index (χ3v) is 3.16. The molecule has 2 heterocycles. The van der Waals surface area contributed by atoms with Gasteiger partial charge in [-0.3, -0.25) is 0 Å². The Kier molecular flexibility index (Phi) is 2.98. The van der Waals surface area contributed by atoms with Crippen molar-refractivity contribution in [1.29, 1.82) is 0 Å². The zero-order valence-corrected chi connectivity index (χ0v) is 9.23. The van der Waals surface area contributed by atoms with Crippen LogP contribution in [0, 0.1) is 0 Å². The van der Waals surface area contributed by atoms with Gasteiger partial charge in [0.1, 0.15) is 5.82 Å². The fourth-order valence-corrected chi connectivity index (χ4v) is 1.77. The third kappa shape index (κ3) is 2.33. The molecule has 0 radical (unpaired) electrons. The maximum absolute atomic E-state index is 5.55. The Morgan fingerprint density at radius 3 is 2.87 bits per heavy atom. The first-order valence-corrected chi connectivity index (χ1v) is 5.33. The largest absolute Gasteiger partial charge is 0.377 e. The standard InChI is InChI=1S/C11H17N3O/c1-9-11(2,4-7-15-9)14-8-10-12-5-3-6-13-10/h3,5-6,9,14H,4,7-8H2,1-2H3. The van der Waals surface area contributed by atoms with Crippen molar-refractivity contribution >= 4 is 0 Å². The first kappa shape index (κ1) is 10.5. The van der Waals surface area contributed by atoms with E-state index in [-0.39, 0.29) is 11.6 Å². The molecule has 2 rings (SSSR count). The second-order valence-corrected chi connectivity index (χ2v) is 4.20. The molecule has 1 aromatic heterocycles. The summed E-state index contributed by atoms with van der Waals surface area (Å²) in [5.41, 5.74) is 0.0548. The number of ether oxygens (including phenoxy) is 1. The summed E-state index contributed by atoms with van der Waals surface area (Å²) in [6.45, 7) is 5.82. The van der Waals surface area contributed by atoms with Crippen molar-refractivity contribution in [3.8, 4) is 0 Å². The minimum Gasteiger partial charge on any atom is -0.377 e. The quantitative estimate of drug-likeness (QED) is 0.807. The van der Waals surface area contributed by atoms with Crippen molar-refractivity contribution in [2.75, 3.05) is 6.61 Å². The van der Waals surface area contributed by atoms with Crippen LogP contribution in [-0.2, 0) is 11.3 Å². The molecule has 1 N–H and O–H groups in total. The normalized spacial score (nSPS) is 30.7. The maximum atomic E-state index is 5.55. The van der Waals surface area contributed by atoms with Crippen LogP contribution in [0.5, 0.6) is 0 Å². The van der Waals surface area contributed by atoms with E-state index in [9.17, 15) is 0 Å². The molecule has 0 amide bonds. The third-order valence-electron chi connectivity index (χ3n) is 3.16. The van der Waals surface area contributed by atoms with E-state index in [0.29, 0.717) is 6.54 Å². The Morgan fingerprint density at radius 1 is 1.53 bits per heavy atom. The highest BCUT2D eigenvalue weighted by molar-refractivity contribution is 4.96. The van der Waals surface area contributed by atoms with Crippen LogP contribution in [0.4, 0.5) is 0 Å². The highest BCUT2D eigenvalue weighted by Gasteiger charge is 2.36. The van der Waals surface area contributed by atoms with Crippen molar-refractivity contribution in [3.63, 3.8) is 0 Å². The van der Waals surface area contributed by atoms with Gasteiger partial charge in [0.25, 0.3) is 0 Å². The molecule has 82 valence electrons. The zero-order chi connectivity index (χ0) is 10.7. The van der Waals surface area contributed by atoms with Gasteiger partial charge in [0.15, 0.2) is 0 Å². The molecule has 1 aliphatic rings. The Bertz CT molecular complexity index is 317. The molecule has 2 atom stereocenters. The smallest absolute Gasteiger partial charge is 0.141 e. The summed E-state index contributed by atoms with van der Waals surface area (Å²) >= 11 is 0. The fraction of sp³-hybridized carbons (Fsp3) is 0.636. The lowest BCUT2D eigenvalue weighted by molar-refractivity contribution is 0.0879. The number of hydrogen-bond donors (Lipinski definition) is 1. The van der Waals surface area contributed by atoms with Gasteiger partial charge < -0.3 is 10.1 Å². The van der Waals surface area contributed by atoms with Crippen molar-refractivity contribution in [1.82, 2.24) is 15.3 Å².